The van der Waals surface area contributed by atoms with Crippen molar-refractivity contribution in [2.24, 2.45) is 0 Å². The van der Waals surface area contributed by atoms with Crippen molar-refractivity contribution < 1.29 is 14.3 Å². The molecule has 1 aromatic heterocycles. The van der Waals surface area contributed by atoms with Crippen LogP contribution >= 0.6 is 0 Å². The molecule has 0 saturated carbocycles. The van der Waals surface area contributed by atoms with E-state index in [-0.39, 0.29) is 12.7 Å². The normalized spacial score (nSPS) is 17.1. The third-order valence-corrected chi connectivity index (χ3v) is 4.78. The van der Waals surface area contributed by atoms with Crippen molar-refractivity contribution in [3.63, 3.8) is 0 Å². The summed E-state index contributed by atoms with van der Waals surface area (Å²) in [6, 6.07) is 14.5. The van der Waals surface area contributed by atoms with Gasteiger partial charge in [0.1, 0.15) is 12.4 Å². The summed E-state index contributed by atoms with van der Waals surface area (Å²) in [5.41, 5.74) is 2.86. The lowest BCUT2D eigenvalue weighted by molar-refractivity contribution is -0.113. The quantitative estimate of drug-likeness (QED) is 0.732. The molecule has 1 amide bonds. The number of carbonyl (C=O) groups excluding carboxylic acids is 1. The summed E-state index contributed by atoms with van der Waals surface area (Å²) in [4.78, 5) is 17.5. The first-order chi connectivity index (χ1) is 13.7. The number of carbonyl (C=O) groups is 1. The van der Waals surface area contributed by atoms with Gasteiger partial charge in [0, 0.05) is 11.4 Å². The van der Waals surface area contributed by atoms with E-state index in [1.54, 1.807) is 4.68 Å². The topological polar surface area (TPSA) is 90.3 Å². The van der Waals surface area contributed by atoms with Crippen molar-refractivity contribution in [1.82, 2.24) is 14.8 Å². The summed E-state index contributed by atoms with van der Waals surface area (Å²) in [5.74, 6) is 1.71. The molecule has 1 unspecified atom stereocenters. The van der Waals surface area contributed by atoms with Crippen LogP contribution in [-0.2, 0) is 4.79 Å². The Morgan fingerprint density at radius 1 is 1.18 bits per heavy atom. The number of allylic oxidation sites excluding steroid dienone is 1. The van der Waals surface area contributed by atoms with Gasteiger partial charge in [-0.1, -0.05) is 24.3 Å². The predicted octanol–water partition coefficient (Wildman–Crippen LogP) is 2.93. The molecule has 0 aliphatic carbocycles. The SMILES string of the molecule is CC1=C(C(=O)Nc2ccccc2)C(c2ccc3c(c2)OCO3)n2ncnc2N1. The molecule has 28 heavy (non-hydrogen) atoms. The number of para-hydroxylation sites is 1. The smallest absolute Gasteiger partial charge is 0.255 e. The summed E-state index contributed by atoms with van der Waals surface area (Å²) >= 11 is 0. The van der Waals surface area contributed by atoms with Crippen molar-refractivity contribution in [2.75, 3.05) is 17.4 Å². The highest BCUT2D eigenvalue weighted by Crippen LogP contribution is 2.40. The number of anilines is 2. The van der Waals surface area contributed by atoms with E-state index in [9.17, 15) is 4.79 Å². The van der Waals surface area contributed by atoms with Gasteiger partial charge >= 0.3 is 0 Å². The third kappa shape index (κ3) is 2.66. The number of aromatic nitrogens is 3. The van der Waals surface area contributed by atoms with Gasteiger partial charge in [-0.3, -0.25) is 4.79 Å². The van der Waals surface area contributed by atoms with Gasteiger partial charge in [-0.2, -0.15) is 10.1 Å². The molecule has 2 aromatic carbocycles. The molecule has 3 heterocycles. The fraction of sp³-hybridized carbons (Fsp3) is 0.150. The van der Waals surface area contributed by atoms with E-state index in [4.69, 9.17) is 9.47 Å². The standard InChI is InChI=1S/C20H17N5O3/c1-12-17(19(26)24-14-5-3-2-4-6-14)18(25-20(23-12)21-10-22-25)13-7-8-15-16(9-13)28-11-27-15/h2-10,18H,11H2,1H3,(H,24,26)(H,21,22,23). The number of fused-ring (bicyclic) bond motifs is 2. The number of nitrogens with one attached hydrogen (secondary N) is 2. The van der Waals surface area contributed by atoms with Gasteiger partial charge in [0.2, 0.25) is 12.7 Å². The zero-order valence-corrected chi connectivity index (χ0v) is 15.0. The molecule has 0 fully saturated rings. The Labute approximate surface area is 160 Å². The van der Waals surface area contributed by atoms with Gasteiger partial charge in [-0.05, 0) is 36.8 Å². The van der Waals surface area contributed by atoms with Gasteiger partial charge < -0.3 is 20.1 Å². The first-order valence-electron chi connectivity index (χ1n) is 8.84. The molecule has 2 N–H and O–H groups in total. The molecule has 8 nitrogen and oxygen atoms in total. The van der Waals surface area contributed by atoms with E-state index in [0.29, 0.717) is 23.0 Å². The Morgan fingerprint density at radius 2 is 2.00 bits per heavy atom. The maximum absolute atomic E-state index is 13.2. The van der Waals surface area contributed by atoms with Crippen LogP contribution in [0.3, 0.4) is 0 Å². The molecule has 3 aromatic rings. The molecule has 0 spiro atoms. The summed E-state index contributed by atoms with van der Waals surface area (Å²) in [6.45, 7) is 2.05. The summed E-state index contributed by atoms with van der Waals surface area (Å²) < 4.78 is 12.6. The second-order valence-corrected chi connectivity index (χ2v) is 6.53. The molecule has 5 rings (SSSR count). The van der Waals surface area contributed by atoms with Crippen LogP contribution in [0.15, 0.2) is 66.1 Å². The average molecular weight is 375 g/mol. The van der Waals surface area contributed by atoms with E-state index in [1.165, 1.54) is 6.33 Å². The van der Waals surface area contributed by atoms with Crippen LogP contribution in [0.25, 0.3) is 0 Å². The van der Waals surface area contributed by atoms with Gasteiger partial charge in [0.05, 0.1) is 5.57 Å². The van der Waals surface area contributed by atoms with Crippen molar-refractivity contribution in [2.45, 2.75) is 13.0 Å². The van der Waals surface area contributed by atoms with Crippen molar-refractivity contribution in [1.29, 1.82) is 0 Å². The number of nitrogens with zero attached hydrogens (tertiary/aromatic N) is 3. The second kappa shape index (κ2) is 6.41. The van der Waals surface area contributed by atoms with E-state index >= 15 is 0 Å². The van der Waals surface area contributed by atoms with Crippen LogP contribution < -0.4 is 20.1 Å². The average Bonchev–Trinajstić information content (AvgIpc) is 3.35. The second-order valence-electron chi connectivity index (χ2n) is 6.53. The third-order valence-electron chi connectivity index (χ3n) is 4.78. The summed E-state index contributed by atoms with van der Waals surface area (Å²) in [5, 5.41) is 10.5. The molecule has 2 aliphatic heterocycles. The van der Waals surface area contributed by atoms with Crippen LogP contribution in [0.1, 0.15) is 18.5 Å². The molecule has 140 valence electrons. The molecule has 0 bridgehead atoms. The Balaban J connectivity index is 1.58. The van der Waals surface area contributed by atoms with Crippen LogP contribution in [-0.4, -0.2) is 27.5 Å². The van der Waals surface area contributed by atoms with Gasteiger partial charge in [-0.15, -0.1) is 0 Å². The van der Waals surface area contributed by atoms with E-state index in [1.807, 2.05) is 55.5 Å². The van der Waals surface area contributed by atoms with E-state index in [0.717, 1.165) is 16.9 Å². The molecular weight excluding hydrogens is 358 g/mol. The molecule has 0 radical (unpaired) electrons. The molecule has 0 saturated heterocycles. The lowest BCUT2D eigenvalue weighted by atomic mass is 9.94. The maximum atomic E-state index is 13.2. The van der Waals surface area contributed by atoms with Crippen molar-refractivity contribution in [3.8, 4) is 11.5 Å². The van der Waals surface area contributed by atoms with Crippen LogP contribution in [0.4, 0.5) is 11.6 Å². The zero-order chi connectivity index (χ0) is 19.1. The van der Waals surface area contributed by atoms with Crippen molar-refractivity contribution >= 4 is 17.5 Å². The highest BCUT2D eigenvalue weighted by Gasteiger charge is 2.34. The van der Waals surface area contributed by atoms with Gasteiger partial charge in [0.15, 0.2) is 11.5 Å². The molecular formula is C20H17N5O3. The Morgan fingerprint density at radius 3 is 2.86 bits per heavy atom. The molecule has 8 heteroatoms. The van der Waals surface area contributed by atoms with Gasteiger partial charge in [0.25, 0.3) is 5.91 Å². The maximum Gasteiger partial charge on any atom is 0.255 e. The van der Waals surface area contributed by atoms with Crippen molar-refractivity contribution in [3.05, 3.63) is 71.7 Å². The van der Waals surface area contributed by atoms with E-state index in [2.05, 4.69) is 20.7 Å². The van der Waals surface area contributed by atoms with Crippen LogP contribution in [0, 0.1) is 0 Å². The summed E-state index contributed by atoms with van der Waals surface area (Å²) in [6.07, 6.45) is 1.47. The first kappa shape index (κ1) is 16.4. The van der Waals surface area contributed by atoms with E-state index < -0.39 is 6.04 Å². The summed E-state index contributed by atoms with van der Waals surface area (Å²) in [7, 11) is 0. The Hall–Kier alpha value is -3.81. The zero-order valence-electron chi connectivity index (χ0n) is 15.0. The first-order valence-corrected chi connectivity index (χ1v) is 8.84. The highest BCUT2D eigenvalue weighted by molar-refractivity contribution is 6.06. The number of ether oxygens (including phenoxy) is 2. The predicted molar refractivity (Wildman–Crippen MR) is 102 cm³/mol. The lowest BCUT2D eigenvalue weighted by Gasteiger charge is -2.28. The lowest BCUT2D eigenvalue weighted by Crippen LogP contribution is -2.31. The monoisotopic (exact) mass is 375 g/mol. The minimum absolute atomic E-state index is 0.190. The largest absolute Gasteiger partial charge is 0.454 e. The number of benzene rings is 2. The number of hydrogen-bond acceptors (Lipinski definition) is 6. The molecule has 1 atom stereocenters. The number of rotatable bonds is 3. The minimum atomic E-state index is -0.447. The minimum Gasteiger partial charge on any atom is -0.454 e. The fourth-order valence-electron chi connectivity index (χ4n) is 3.50. The Kier molecular flexibility index (Phi) is 3.75. The fourth-order valence-corrected chi connectivity index (χ4v) is 3.50. The number of amides is 1. The van der Waals surface area contributed by atoms with Crippen LogP contribution in [0.2, 0.25) is 0 Å². The Bertz CT molecular complexity index is 1090. The van der Waals surface area contributed by atoms with Gasteiger partial charge in [-0.25, -0.2) is 4.68 Å². The highest BCUT2D eigenvalue weighted by atomic mass is 16.7. The molecule has 2 aliphatic rings. The number of hydrogen-bond donors (Lipinski definition) is 2. The van der Waals surface area contributed by atoms with Crippen LogP contribution in [0.5, 0.6) is 11.5 Å².